The molecular weight excluding hydrogens is 292 g/mol. The Morgan fingerprint density at radius 2 is 2.05 bits per heavy atom. The van der Waals surface area contributed by atoms with Crippen LogP contribution in [-0.4, -0.2) is 15.6 Å². The number of thiazole rings is 1. The van der Waals surface area contributed by atoms with Gasteiger partial charge in [-0.3, -0.25) is 4.79 Å². The van der Waals surface area contributed by atoms with Crippen molar-refractivity contribution in [3.05, 3.63) is 50.3 Å². The third kappa shape index (κ3) is 1.99. The summed E-state index contributed by atoms with van der Waals surface area (Å²) in [5, 5.41) is 9.89. The second-order valence-electron chi connectivity index (χ2n) is 4.27. The Labute approximate surface area is 124 Å². The van der Waals surface area contributed by atoms with Gasteiger partial charge in [0.25, 0.3) is 0 Å². The summed E-state index contributed by atoms with van der Waals surface area (Å²) in [5.41, 5.74) is 2.33. The Morgan fingerprint density at radius 3 is 2.75 bits per heavy atom. The molecule has 100 valence electrons. The van der Waals surface area contributed by atoms with E-state index in [2.05, 4.69) is 0 Å². The Morgan fingerprint density at radius 1 is 1.30 bits per heavy atom. The van der Waals surface area contributed by atoms with Crippen LogP contribution in [0.5, 0.6) is 5.88 Å². The van der Waals surface area contributed by atoms with E-state index in [1.165, 1.54) is 6.08 Å². The van der Waals surface area contributed by atoms with Gasteiger partial charge in [-0.15, -0.1) is 0 Å². The highest BCUT2D eigenvalue weighted by atomic mass is 32.1. The van der Waals surface area contributed by atoms with E-state index in [4.69, 9.17) is 18.1 Å². The predicted molar refractivity (Wildman–Crippen MR) is 83.3 cm³/mol. The minimum Gasteiger partial charge on any atom is -0.492 e. The van der Waals surface area contributed by atoms with E-state index in [0.717, 1.165) is 27.1 Å². The Bertz CT molecular complexity index is 828. The number of nitrogen functional groups attached to an aromatic ring is 1. The van der Waals surface area contributed by atoms with Crippen LogP contribution < -0.4 is 5.84 Å². The van der Waals surface area contributed by atoms with E-state index in [9.17, 15) is 9.90 Å². The number of hydrogen-bond donors (Lipinski definition) is 2. The summed E-state index contributed by atoms with van der Waals surface area (Å²) in [6, 6.07) is 7.59. The first-order valence-electron chi connectivity index (χ1n) is 5.81. The summed E-state index contributed by atoms with van der Waals surface area (Å²) in [6.45, 7) is 0. The van der Waals surface area contributed by atoms with Gasteiger partial charge in [-0.25, -0.2) is 4.68 Å². The Balaban J connectivity index is 2.20. The lowest BCUT2D eigenvalue weighted by Gasteiger charge is -2.12. The van der Waals surface area contributed by atoms with Crippen molar-refractivity contribution < 1.29 is 9.90 Å². The van der Waals surface area contributed by atoms with Gasteiger partial charge in [0, 0.05) is 5.57 Å². The summed E-state index contributed by atoms with van der Waals surface area (Å²) in [5.74, 6) is 5.34. The minimum absolute atomic E-state index is 0.106. The van der Waals surface area contributed by atoms with E-state index in [-0.39, 0.29) is 11.7 Å². The van der Waals surface area contributed by atoms with E-state index >= 15 is 0 Å². The molecule has 3 N–H and O–H groups in total. The van der Waals surface area contributed by atoms with Crippen molar-refractivity contribution in [3.8, 4) is 5.88 Å². The average molecular weight is 302 g/mol. The van der Waals surface area contributed by atoms with E-state index in [1.54, 1.807) is 12.2 Å². The molecule has 0 saturated heterocycles. The van der Waals surface area contributed by atoms with Crippen molar-refractivity contribution in [2.75, 3.05) is 5.84 Å². The lowest BCUT2D eigenvalue weighted by Crippen LogP contribution is -2.06. The topological polar surface area (TPSA) is 68.2 Å². The SMILES string of the molecule is Nn1c(O)c(C=C2C(=O)C=Cc3ccccc32)sc1=S. The number of rotatable bonds is 1. The fourth-order valence-electron chi connectivity index (χ4n) is 2.04. The molecule has 0 amide bonds. The van der Waals surface area contributed by atoms with Crippen LogP contribution >= 0.6 is 23.6 Å². The maximum absolute atomic E-state index is 12.1. The van der Waals surface area contributed by atoms with Crippen molar-refractivity contribution in [2.45, 2.75) is 0 Å². The van der Waals surface area contributed by atoms with Crippen molar-refractivity contribution in [1.82, 2.24) is 4.68 Å². The van der Waals surface area contributed by atoms with Crippen molar-refractivity contribution in [3.63, 3.8) is 0 Å². The molecule has 0 aliphatic heterocycles. The molecule has 0 fully saturated rings. The zero-order valence-corrected chi connectivity index (χ0v) is 11.9. The molecule has 0 unspecified atom stereocenters. The normalized spacial score (nSPS) is 15.6. The summed E-state index contributed by atoms with van der Waals surface area (Å²) in [6.07, 6.45) is 4.93. The molecule has 0 bridgehead atoms. The number of fused-ring (bicyclic) bond motifs is 1. The second-order valence-corrected chi connectivity index (χ2v) is 5.94. The smallest absolute Gasteiger partial charge is 0.229 e. The molecule has 3 rings (SSSR count). The standard InChI is InChI=1S/C14H10N2O2S2/c15-16-13(18)12(20-14(16)19)7-10-9-4-2-1-3-8(9)5-6-11(10)17/h1-7,18H,15H2. The van der Waals surface area contributed by atoms with Crippen molar-refractivity contribution in [1.29, 1.82) is 0 Å². The third-order valence-corrected chi connectivity index (χ3v) is 4.39. The largest absolute Gasteiger partial charge is 0.492 e. The first kappa shape index (κ1) is 12.8. The number of aromatic nitrogens is 1. The quantitative estimate of drug-likeness (QED) is 0.483. The molecular formula is C14H10N2O2S2. The average Bonchev–Trinajstić information content (AvgIpc) is 2.69. The summed E-state index contributed by atoms with van der Waals surface area (Å²) >= 11 is 6.17. The summed E-state index contributed by atoms with van der Waals surface area (Å²) in [4.78, 5) is 12.5. The maximum Gasteiger partial charge on any atom is 0.229 e. The Hall–Kier alpha value is -2.18. The van der Waals surface area contributed by atoms with Gasteiger partial charge in [0.15, 0.2) is 9.74 Å². The molecule has 1 aliphatic rings. The summed E-state index contributed by atoms with van der Waals surface area (Å²) in [7, 11) is 0. The molecule has 0 atom stereocenters. The van der Waals surface area contributed by atoms with Gasteiger partial charge in [0.1, 0.15) is 0 Å². The number of carbonyl (C=O) groups excluding carboxylic acids is 1. The van der Waals surface area contributed by atoms with E-state index < -0.39 is 0 Å². The van der Waals surface area contributed by atoms with Crippen LogP contribution in [-0.2, 0) is 4.79 Å². The van der Waals surface area contributed by atoms with Crippen LogP contribution in [0.3, 0.4) is 0 Å². The van der Waals surface area contributed by atoms with Crippen LogP contribution in [0.2, 0.25) is 0 Å². The number of benzene rings is 1. The third-order valence-electron chi connectivity index (χ3n) is 3.05. The maximum atomic E-state index is 12.1. The molecule has 1 aliphatic carbocycles. The molecule has 4 nitrogen and oxygen atoms in total. The lowest BCUT2D eigenvalue weighted by atomic mass is 9.91. The number of ketones is 1. The van der Waals surface area contributed by atoms with Gasteiger partial charge in [-0.2, -0.15) is 0 Å². The molecule has 0 spiro atoms. The highest BCUT2D eigenvalue weighted by molar-refractivity contribution is 7.73. The van der Waals surface area contributed by atoms with Gasteiger partial charge >= 0.3 is 0 Å². The number of hydrogen-bond acceptors (Lipinski definition) is 5. The van der Waals surface area contributed by atoms with Crippen LogP contribution in [0.25, 0.3) is 17.7 Å². The summed E-state index contributed by atoms with van der Waals surface area (Å²) < 4.78 is 1.38. The van der Waals surface area contributed by atoms with Gasteiger partial charge in [0.05, 0.1) is 4.88 Å². The van der Waals surface area contributed by atoms with Gasteiger partial charge in [-0.1, -0.05) is 41.7 Å². The van der Waals surface area contributed by atoms with Crippen LogP contribution in [0.1, 0.15) is 16.0 Å². The predicted octanol–water partition coefficient (Wildman–Crippen LogP) is 2.83. The zero-order chi connectivity index (χ0) is 14.3. The van der Waals surface area contributed by atoms with E-state index in [1.807, 2.05) is 24.3 Å². The number of nitrogens with two attached hydrogens (primary N) is 1. The van der Waals surface area contributed by atoms with E-state index in [0.29, 0.717) is 14.4 Å². The number of nitrogens with zero attached hydrogens (tertiary/aromatic N) is 1. The Kier molecular flexibility index (Phi) is 3.04. The molecule has 20 heavy (non-hydrogen) atoms. The van der Waals surface area contributed by atoms with Crippen LogP contribution in [0.4, 0.5) is 0 Å². The van der Waals surface area contributed by atoms with Crippen LogP contribution in [0, 0.1) is 3.95 Å². The monoisotopic (exact) mass is 302 g/mol. The molecule has 1 aromatic heterocycles. The number of aromatic hydroxyl groups is 1. The second kappa shape index (κ2) is 4.73. The molecule has 6 heteroatoms. The van der Waals surface area contributed by atoms with Crippen molar-refractivity contribution >= 4 is 47.1 Å². The number of allylic oxidation sites excluding steroid dienone is 2. The van der Waals surface area contributed by atoms with Gasteiger partial charge in [0.2, 0.25) is 5.88 Å². The van der Waals surface area contributed by atoms with Crippen molar-refractivity contribution in [2.24, 2.45) is 0 Å². The highest BCUT2D eigenvalue weighted by Gasteiger charge is 2.18. The molecule has 1 heterocycles. The fourth-order valence-corrected chi connectivity index (χ4v) is 3.14. The first-order valence-corrected chi connectivity index (χ1v) is 7.04. The zero-order valence-electron chi connectivity index (χ0n) is 10.2. The molecule has 0 radical (unpaired) electrons. The molecule has 1 aromatic carbocycles. The molecule has 2 aromatic rings. The lowest BCUT2D eigenvalue weighted by molar-refractivity contribution is -0.109. The first-order chi connectivity index (χ1) is 9.58. The molecule has 0 saturated carbocycles. The number of carbonyl (C=O) groups is 1. The van der Waals surface area contributed by atoms with Gasteiger partial charge < -0.3 is 10.9 Å². The van der Waals surface area contributed by atoms with Gasteiger partial charge in [-0.05, 0) is 35.5 Å². The minimum atomic E-state index is -0.132. The highest BCUT2D eigenvalue weighted by Crippen LogP contribution is 2.32. The fraction of sp³-hybridized carbons (Fsp3) is 0. The van der Waals surface area contributed by atoms with Crippen LogP contribution in [0.15, 0.2) is 30.3 Å².